The summed E-state index contributed by atoms with van der Waals surface area (Å²) in [6.45, 7) is 6.10. The minimum absolute atomic E-state index is 0.521. The number of aliphatic imine (C=N–C) groups is 1. The molecule has 1 aromatic rings. The Morgan fingerprint density at radius 3 is 2.56 bits per heavy atom. The number of hydrogen-bond acceptors (Lipinski definition) is 5. The second-order valence-electron chi connectivity index (χ2n) is 5.26. The van der Waals surface area contributed by atoms with Crippen molar-refractivity contribution in [3.8, 4) is 11.5 Å². The van der Waals surface area contributed by atoms with Crippen LogP contribution in [0, 0.1) is 0 Å². The van der Waals surface area contributed by atoms with Crippen molar-refractivity contribution in [3.05, 3.63) is 23.8 Å². The molecular weight excluding hydrogens is 322 g/mol. The molecule has 0 fully saturated rings. The molecule has 7 nitrogen and oxygen atoms in total. The Morgan fingerprint density at radius 1 is 1.04 bits per heavy atom. The van der Waals surface area contributed by atoms with E-state index in [1.165, 1.54) is 0 Å². The van der Waals surface area contributed by atoms with Crippen molar-refractivity contribution >= 4 is 5.96 Å². The normalized spacial score (nSPS) is 11.3. The lowest BCUT2D eigenvalue weighted by molar-refractivity contribution is 0.0698. The summed E-state index contributed by atoms with van der Waals surface area (Å²) >= 11 is 0. The minimum atomic E-state index is 0.521. The zero-order valence-electron chi connectivity index (χ0n) is 15.8. The first-order chi connectivity index (χ1) is 12.2. The number of rotatable bonds is 12. The smallest absolute Gasteiger partial charge is 0.191 e. The summed E-state index contributed by atoms with van der Waals surface area (Å²) in [4.78, 5) is 4.61. The average Bonchev–Trinajstić information content (AvgIpc) is 2.65. The lowest BCUT2D eigenvalue weighted by Crippen LogP contribution is -2.38. The standard InChI is InChI=1S/C18H31N3O4/c1-5-19-18(20-9-6-10-25-12-11-22-2)21-14-15-7-8-16(23-3)13-17(15)24-4/h7-8,13H,5-6,9-12,14H2,1-4H3,(H2,19,20,21). The number of nitrogens with zero attached hydrogens (tertiary/aromatic N) is 1. The quantitative estimate of drug-likeness (QED) is 0.339. The van der Waals surface area contributed by atoms with E-state index in [1.54, 1.807) is 21.3 Å². The molecule has 0 bridgehead atoms. The molecule has 0 amide bonds. The summed E-state index contributed by atoms with van der Waals surface area (Å²) < 4.78 is 21.0. The van der Waals surface area contributed by atoms with Crippen LogP contribution in [0.2, 0.25) is 0 Å². The maximum absolute atomic E-state index is 5.44. The van der Waals surface area contributed by atoms with Gasteiger partial charge in [0.15, 0.2) is 5.96 Å². The molecule has 0 unspecified atom stereocenters. The maximum atomic E-state index is 5.44. The van der Waals surface area contributed by atoms with Crippen LogP contribution in [0.5, 0.6) is 11.5 Å². The number of benzene rings is 1. The van der Waals surface area contributed by atoms with E-state index in [1.807, 2.05) is 25.1 Å². The first-order valence-electron chi connectivity index (χ1n) is 8.54. The second kappa shape index (κ2) is 13.3. The highest BCUT2D eigenvalue weighted by atomic mass is 16.5. The molecule has 0 atom stereocenters. The van der Waals surface area contributed by atoms with Crippen molar-refractivity contribution in [1.29, 1.82) is 0 Å². The zero-order valence-corrected chi connectivity index (χ0v) is 15.8. The van der Waals surface area contributed by atoms with Crippen molar-refractivity contribution in [1.82, 2.24) is 10.6 Å². The summed E-state index contributed by atoms with van der Waals surface area (Å²) in [5, 5.41) is 6.54. The minimum Gasteiger partial charge on any atom is -0.497 e. The molecule has 25 heavy (non-hydrogen) atoms. The summed E-state index contributed by atoms with van der Waals surface area (Å²) in [5.41, 5.74) is 1.00. The van der Waals surface area contributed by atoms with E-state index in [0.717, 1.165) is 42.5 Å². The number of methoxy groups -OCH3 is 3. The number of nitrogens with one attached hydrogen (secondary N) is 2. The highest BCUT2D eigenvalue weighted by Crippen LogP contribution is 2.25. The number of guanidine groups is 1. The highest BCUT2D eigenvalue weighted by Gasteiger charge is 2.05. The molecule has 142 valence electrons. The Hall–Kier alpha value is -1.99. The van der Waals surface area contributed by atoms with Crippen LogP contribution in [0.25, 0.3) is 0 Å². The monoisotopic (exact) mass is 353 g/mol. The van der Waals surface area contributed by atoms with Crippen molar-refractivity contribution in [2.24, 2.45) is 4.99 Å². The van der Waals surface area contributed by atoms with Crippen molar-refractivity contribution in [3.63, 3.8) is 0 Å². The summed E-state index contributed by atoms with van der Waals surface area (Å²) in [7, 11) is 4.95. The van der Waals surface area contributed by atoms with Crippen LogP contribution >= 0.6 is 0 Å². The highest BCUT2D eigenvalue weighted by molar-refractivity contribution is 5.79. The molecule has 0 saturated carbocycles. The van der Waals surface area contributed by atoms with Gasteiger partial charge in [-0.3, -0.25) is 0 Å². The van der Waals surface area contributed by atoms with Crippen LogP contribution < -0.4 is 20.1 Å². The van der Waals surface area contributed by atoms with Gasteiger partial charge in [0, 0.05) is 38.4 Å². The van der Waals surface area contributed by atoms with Crippen LogP contribution in [-0.4, -0.2) is 60.2 Å². The van der Waals surface area contributed by atoms with Gasteiger partial charge in [0.1, 0.15) is 11.5 Å². The molecule has 1 aromatic carbocycles. The van der Waals surface area contributed by atoms with Gasteiger partial charge < -0.3 is 29.6 Å². The van der Waals surface area contributed by atoms with Gasteiger partial charge in [0.05, 0.1) is 34.0 Å². The molecule has 0 aliphatic rings. The predicted octanol–water partition coefficient (Wildman–Crippen LogP) is 1.81. The molecule has 2 N–H and O–H groups in total. The van der Waals surface area contributed by atoms with E-state index in [9.17, 15) is 0 Å². The average molecular weight is 353 g/mol. The first kappa shape index (κ1) is 21.1. The topological polar surface area (TPSA) is 73.3 Å². The van der Waals surface area contributed by atoms with E-state index < -0.39 is 0 Å². The lowest BCUT2D eigenvalue weighted by Gasteiger charge is -2.13. The second-order valence-corrected chi connectivity index (χ2v) is 5.26. The molecule has 0 saturated heterocycles. The van der Waals surface area contributed by atoms with Crippen LogP contribution in [-0.2, 0) is 16.0 Å². The molecule has 0 aromatic heterocycles. The third-order valence-electron chi connectivity index (χ3n) is 3.44. The Balaban J connectivity index is 2.49. The molecule has 7 heteroatoms. The van der Waals surface area contributed by atoms with Crippen molar-refractivity contribution in [2.75, 3.05) is 54.2 Å². The van der Waals surface area contributed by atoms with Crippen molar-refractivity contribution in [2.45, 2.75) is 19.9 Å². The summed E-state index contributed by atoms with van der Waals surface area (Å²) in [6, 6.07) is 5.74. The van der Waals surface area contributed by atoms with Gasteiger partial charge in [-0.25, -0.2) is 4.99 Å². The molecule has 0 spiro atoms. The van der Waals surface area contributed by atoms with Gasteiger partial charge in [-0.1, -0.05) is 0 Å². The van der Waals surface area contributed by atoms with Crippen molar-refractivity contribution < 1.29 is 18.9 Å². The van der Waals surface area contributed by atoms with Crippen LogP contribution in [0.1, 0.15) is 18.9 Å². The number of ether oxygens (including phenoxy) is 4. The molecular formula is C18H31N3O4. The fourth-order valence-corrected chi connectivity index (χ4v) is 2.11. The van der Waals surface area contributed by atoms with Gasteiger partial charge in [-0.15, -0.1) is 0 Å². The van der Waals surface area contributed by atoms with Crippen LogP contribution in [0.4, 0.5) is 0 Å². The predicted molar refractivity (Wildman–Crippen MR) is 99.7 cm³/mol. The molecule has 1 rings (SSSR count). The Labute approximate surface area is 150 Å². The van der Waals surface area contributed by atoms with Crippen LogP contribution in [0.15, 0.2) is 23.2 Å². The maximum Gasteiger partial charge on any atom is 0.191 e. The van der Waals surface area contributed by atoms with E-state index in [-0.39, 0.29) is 0 Å². The van der Waals surface area contributed by atoms with Gasteiger partial charge in [0.2, 0.25) is 0 Å². The Bertz CT molecular complexity index is 509. The fourth-order valence-electron chi connectivity index (χ4n) is 2.11. The third-order valence-corrected chi connectivity index (χ3v) is 3.44. The Kier molecular flexibility index (Phi) is 11.2. The summed E-state index contributed by atoms with van der Waals surface area (Å²) in [5.74, 6) is 2.31. The molecule has 0 aliphatic carbocycles. The third kappa shape index (κ3) is 8.60. The van der Waals surface area contributed by atoms with E-state index in [4.69, 9.17) is 18.9 Å². The fraction of sp³-hybridized carbons (Fsp3) is 0.611. The first-order valence-corrected chi connectivity index (χ1v) is 8.54. The van der Waals surface area contributed by atoms with Gasteiger partial charge in [-0.05, 0) is 25.5 Å². The van der Waals surface area contributed by atoms with Gasteiger partial charge in [-0.2, -0.15) is 0 Å². The molecule has 0 aliphatic heterocycles. The van der Waals surface area contributed by atoms with Gasteiger partial charge >= 0.3 is 0 Å². The largest absolute Gasteiger partial charge is 0.497 e. The molecule has 0 heterocycles. The van der Waals surface area contributed by atoms with E-state index in [2.05, 4.69) is 15.6 Å². The van der Waals surface area contributed by atoms with Gasteiger partial charge in [0.25, 0.3) is 0 Å². The molecule has 0 radical (unpaired) electrons. The SMILES string of the molecule is CCNC(=NCc1ccc(OC)cc1OC)NCCCOCCOC. The Morgan fingerprint density at radius 2 is 1.88 bits per heavy atom. The van der Waals surface area contributed by atoms with E-state index >= 15 is 0 Å². The summed E-state index contributed by atoms with van der Waals surface area (Å²) in [6.07, 6.45) is 0.903. The van der Waals surface area contributed by atoms with E-state index in [0.29, 0.717) is 26.4 Å². The van der Waals surface area contributed by atoms with Crippen LogP contribution in [0.3, 0.4) is 0 Å². The zero-order chi connectivity index (χ0) is 18.3. The number of hydrogen-bond donors (Lipinski definition) is 2. The lowest BCUT2D eigenvalue weighted by atomic mass is 10.2.